The molecule has 0 radical (unpaired) electrons. The molecule has 2 atom stereocenters. The van der Waals surface area contributed by atoms with Gasteiger partial charge in [-0.15, -0.1) is 0 Å². The third-order valence-electron chi connectivity index (χ3n) is 2.45. The lowest BCUT2D eigenvalue weighted by Crippen LogP contribution is -2.40. The van der Waals surface area contributed by atoms with E-state index in [0.717, 1.165) is 0 Å². The summed E-state index contributed by atoms with van der Waals surface area (Å²) in [5.74, 6) is 0.128. The average Bonchev–Trinajstić information content (AvgIpc) is 2.26. The summed E-state index contributed by atoms with van der Waals surface area (Å²) < 4.78 is 5.11. The van der Waals surface area contributed by atoms with Gasteiger partial charge in [-0.1, -0.05) is 12.1 Å². The standard InChI is InChI=1S/C14H21NO4/c1-9(15-13(18)19-14(2,3)4)12(17)10-5-7-11(16)8-6-10/h5-9,12,16-17H,1-4H3,(H,15,18). The highest BCUT2D eigenvalue weighted by molar-refractivity contribution is 5.68. The first-order chi connectivity index (χ1) is 8.69. The normalized spacial score (nSPS) is 14.6. The van der Waals surface area contributed by atoms with Crippen LogP contribution in [0.25, 0.3) is 0 Å². The lowest BCUT2D eigenvalue weighted by molar-refractivity contribution is 0.0435. The minimum Gasteiger partial charge on any atom is -0.508 e. The maximum Gasteiger partial charge on any atom is 0.407 e. The molecule has 3 N–H and O–H groups in total. The first-order valence-corrected chi connectivity index (χ1v) is 6.15. The van der Waals surface area contributed by atoms with Crippen LogP contribution >= 0.6 is 0 Å². The Bertz CT molecular complexity index is 422. The van der Waals surface area contributed by atoms with E-state index in [1.807, 2.05) is 0 Å². The van der Waals surface area contributed by atoms with Crippen molar-refractivity contribution in [2.45, 2.75) is 45.4 Å². The SMILES string of the molecule is CC(NC(=O)OC(C)(C)C)C(O)c1ccc(O)cc1. The zero-order chi connectivity index (χ0) is 14.6. The van der Waals surface area contributed by atoms with Crippen LogP contribution in [0.4, 0.5) is 4.79 Å². The van der Waals surface area contributed by atoms with Crippen molar-refractivity contribution in [2.24, 2.45) is 0 Å². The molecule has 106 valence electrons. The fraction of sp³-hybridized carbons (Fsp3) is 0.500. The van der Waals surface area contributed by atoms with Gasteiger partial charge in [0.25, 0.3) is 0 Å². The fourth-order valence-corrected chi connectivity index (χ4v) is 1.53. The topological polar surface area (TPSA) is 78.8 Å². The molecule has 5 nitrogen and oxygen atoms in total. The number of ether oxygens (including phenoxy) is 1. The van der Waals surface area contributed by atoms with Gasteiger partial charge in [-0.3, -0.25) is 0 Å². The van der Waals surface area contributed by atoms with Crippen molar-refractivity contribution in [3.63, 3.8) is 0 Å². The van der Waals surface area contributed by atoms with Crippen molar-refractivity contribution < 1.29 is 19.7 Å². The van der Waals surface area contributed by atoms with Gasteiger partial charge < -0.3 is 20.3 Å². The first-order valence-electron chi connectivity index (χ1n) is 6.15. The summed E-state index contributed by atoms with van der Waals surface area (Å²) in [5, 5.41) is 21.8. The molecule has 0 aliphatic carbocycles. The van der Waals surface area contributed by atoms with E-state index in [2.05, 4.69) is 5.32 Å². The molecule has 0 saturated carbocycles. The average molecular weight is 267 g/mol. The molecule has 0 spiro atoms. The summed E-state index contributed by atoms with van der Waals surface area (Å²) in [6.45, 7) is 7.00. The Labute approximate surface area is 113 Å². The second-order valence-electron chi connectivity index (χ2n) is 5.47. The van der Waals surface area contributed by atoms with Crippen LogP contribution in [0, 0.1) is 0 Å². The van der Waals surface area contributed by atoms with E-state index in [1.165, 1.54) is 12.1 Å². The molecule has 19 heavy (non-hydrogen) atoms. The van der Waals surface area contributed by atoms with Crippen LogP contribution in [0.3, 0.4) is 0 Å². The Balaban J connectivity index is 2.60. The number of carbonyl (C=O) groups is 1. The van der Waals surface area contributed by atoms with Crippen molar-refractivity contribution in [2.75, 3.05) is 0 Å². The van der Waals surface area contributed by atoms with Crippen LogP contribution in [0.15, 0.2) is 24.3 Å². The maximum atomic E-state index is 11.6. The van der Waals surface area contributed by atoms with E-state index in [0.29, 0.717) is 5.56 Å². The van der Waals surface area contributed by atoms with Gasteiger partial charge >= 0.3 is 6.09 Å². The number of hydrogen-bond donors (Lipinski definition) is 3. The predicted molar refractivity (Wildman–Crippen MR) is 71.9 cm³/mol. The quantitative estimate of drug-likeness (QED) is 0.785. The number of carbonyl (C=O) groups excluding carboxylic acids is 1. The van der Waals surface area contributed by atoms with Crippen molar-refractivity contribution in [1.82, 2.24) is 5.32 Å². The lowest BCUT2D eigenvalue weighted by atomic mass is 10.0. The Morgan fingerprint density at radius 2 is 1.79 bits per heavy atom. The van der Waals surface area contributed by atoms with Crippen molar-refractivity contribution in [3.8, 4) is 5.75 Å². The number of aliphatic hydroxyl groups excluding tert-OH is 1. The third kappa shape index (κ3) is 5.18. The van der Waals surface area contributed by atoms with E-state index >= 15 is 0 Å². The number of benzene rings is 1. The fourth-order valence-electron chi connectivity index (χ4n) is 1.53. The third-order valence-corrected chi connectivity index (χ3v) is 2.45. The van der Waals surface area contributed by atoms with Gasteiger partial charge in [0.2, 0.25) is 0 Å². The molecule has 1 amide bonds. The molecule has 1 aromatic rings. The molecule has 0 aliphatic heterocycles. The highest BCUT2D eigenvalue weighted by atomic mass is 16.6. The zero-order valence-electron chi connectivity index (χ0n) is 11.7. The number of hydrogen-bond acceptors (Lipinski definition) is 4. The predicted octanol–water partition coefficient (Wildman–Crippen LogP) is 2.34. The largest absolute Gasteiger partial charge is 0.508 e. The van der Waals surface area contributed by atoms with E-state index in [4.69, 9.17) is 4.74 Å². The van der Waals surface area contributed by atoms with Crippen LogP contribution < -0.4 is 5.32 Å². The minimum absolute atomic E-state index is 0.128. The molecule has 5 heteroatoms. The van der Waals surface area contributed by atoms with Crippen LogP contribution in [0.5, 0.6) is 5.75 Å². The summed E-state index contributed by atoms with van der Waals surface area (Å²) >= 11 is 0. The monoisotopic (exact) mass is 267 g/mol. The summed E-state index contributed by atoms with van der Waals surface area (Å²) in [6.07, 6.45) is -1.44. The first kappa shape index (κ1) is 15.3. The zero-order valence-corrected chi connectivity index (χ0v) is 11.7. The van der Waals surface area contributed by atoms with E-state index in [-0.39, 0.29) is 5.75 Å². The smallest absolute Gasteiger partial charge is 0.407 e. The second kappa shape index (κ2) is 5.93. The van der Waals surface area contributed by atoms with Crippen molar-refractivity contribution in [3.05, 3.63) is 29.8 Å². The number of rotatable bonds is 3. The van der Waals surface area contributed by atoms with Crippen LogP contribution in [0.1, 0.15) is 39.4 Å². The van der Waals surface area contributed by atoms with E-state index in [1.54, 1.807) is 39.8 Å². The van der Waals surface area contributed by atoms with Gasteiger partial charge in [-0.05, 0) is 45.4 Å². The van der Waals surface area contributed by atoms with E-state index < -0.39 is 23.8 Å². The molecular formula is C14H21NO4. The number of nitrogens with one attached hydrogen (secondary N) is 1. The molecular weight excluding hydrogens is 246 g/mol. The summed E-state index contributed by atoms with van der Waals surface area (Å²) in [4.78, 5) is 11.6. The minimum atomic E-state index is -0.867. The summed E-state index contributed by atoms with van der Waals surface area (Å²) in [7, 11) is 0. The number of alkyl carbamates (subject to hydrolysis) is 1. The Morgan fingerprint density at radius 3 is 2.26 bits per heavy atom. The number of amides is 1. The molecule has 0 fully saturated rings. The van der Waals surface area contributed by atoms with Crippen LogP contribution in [-0.4, -0.2) is 27.9 Å². The Hall–Kier alpha value is -1.75. The van der Waals surface area contributed by atoms with Crippen LogP contribution in [-0.2, 0) is 4.74 Å². The van der Waals surface area contributed by atoms with Gasteiger partial charge in [0.05, 0.1) is 12.1 Å². The van der Waals surface area contributed by atoms with Crippen molar-refractivity contribution in [1.29, 1.82) is 0 Å². The maximum absolute atomic E-state index is 11.6. The molecule has 0 heterocycles. The molecule has 0 saturated heterocycles. The molecule has 0 aliphatic rings. The van der Waals surface area contributed by atoms with Crippen molar-refractivity contribution >= 4 is 6.09 Å². The number of aromatic hydroxyl groups is 1. The van der Waals surface area contributed by atoms with Crippen LogP contribution in [0.2, 0.25) is 0 Å². The second-order valence-corrected chi connectivity index (χ2v) is 5.47. The number of phenols is 1. The Morgan fingerprint density at radius 1 is 1.26 bits per heavy atom. The summed E-state index contributed by atoms with van der Waals surface area (Å²) in [5.41, 5.74) is 0.0363. The lowest BCUT2D eigenvalue weighted by Gasteiger charge is -2.24. The van der Waals surface area contributed by atoms with Gasteiger partial charge in [0, 0.05) is 0 Å². The molecule has 0 aromatic heterocycles. The summed E-state index contributed by atoms with van der Waals surface area (Å²) in [6, 6.07) is 5.68. The number of aliphatic hydroxyl groups is 1. The highest BCUT2D eigenvalue weighted by Crippen LogP contribution is 2.19. The highest BCUT2D eigenvalue weighted by Gasteiger charge is 2.22. The Kier molecular flexibility index (Phi) is 4.78. The molecule has 0 bridgehead atoms. The molecule has 2 unspecified atom stereocenters. The van der Waals surface area contributed by atoms with E-state index in [9.17, 15) is 15.0 Å². The van der Waals surface area contributed by atoms with Gasteiger partial charge in [-0.25, -0.2) is 4.79 Å². The van der Waals surface area contributed by atoms with Gasteiger partial charge in [0.15, 0.2) is 0 Å². The van der Waals surface area contributed by atoms with Gasteiger partial charge in [0.1, 0.15) is 11.4 Å². The number of phenolic OH excluding ortho intramolecular Hbond substituents is 1. The van der Waals surface area contributed by atoms with Gasteiger partial charge in [-0.2, -0.15) is 0 Å². The molecule has 1 aromatic carbocycles. The molecule has 1 rings (SSSR count).